The third kappa shape index (κ3) is 4.20. The summed E-state index contributed by atoms with van der Waals surface area (Å²) in [5.41, 5.74) is 0.263. The van der Waals surface area contributed by atoms with Crippen molar-refractivity contribution >= 4 is 37.3 Å². The van der Waals surface area contributed by atoms with Crippen LogP contribution in [-0.2, 0) is 20.0 Å². The highest BCUT2D eigenvalue weighted by Crippen LogP contribution is 2.30. The van der Waals surface area contributed by atoms with Crippen LogP contribution >= 0.6 is 11.6 Å². The second kappa shape index (κ2) is 8.02. The molecule has 2 atom stereocenters. The summed E-state index contributed by atoms with van der Waals surface area (Å²) in [6.07, 6.45) is 2.68. The standard InChI is InChI=1S/C19H23ClN2O4S2/c1-14-6-5-7-15(2)22(14)28(25,26)17-12-10-16(11-13-17)21-27(23,24)19-9-4-3-8-18(19)20/h3-4,8-15,21H,5-7H2,1-2H3. The number of sulfonamides is 2. The van der Waals surface area contributed by atoms with Crippen molar-refractivity contribution in [1.82, 2.24) is 4.31 Å². The summed E-state index contributed by atoms with van der Waals surface area (Å²) in [6, 6.07) is 11.7. The Morgan fingerprint density at radius 1 is 0.929 bits per heavy atom. The summed E-state index contributed by atoms with van der Waals surface area (Å²) in [5, 5.41) is 0.113. The van der Waals surface area contributed by atoms with Gasteiger partial charge in [0.1, 0.15) is 4.90 Å². The molecule has 0 spiro atoms. The molecule has 0 aliphatic carbocycles. The summed E-state index contributed by atoms with van der Waals surface area (Å²) in [5.74, 6) is 0. The lowest BCUT2D eigenvalue weighted by atomic mass is 10.0. The van der Waals surface area contributed by atoms with Gasteiger partial charge in [-0.05, 0) is 63.1 Å². The van der Waals surface area contributed by atoms with E-state index < -0.39 is 20.0 Å². The Hall–Kier alpha value is -1.61. The van der Waals surface area contributed by atoms with Crippen molar-refractivity contribution in [2.75, 3.05) is 4.72 Å². The number of halogens is 1. The van der Waals surface area contributed by atoms with Gasteiger partial charge in [0.2, 0.25) is 10.0 Å². The zero-order valence-corrected chi connectivity index (χ0v) is 18.1. The van der Waals surface area contributed by atoms with E-state index in [0.29, 0.717) is 0 Å². The highest BCUT2D eigenvalue weighted by molar-refractivity contribution is 7.92. The molecule has 1 aliphatic rings. The van der Waals surface area contributed by atoms with Crippen LogP contribution in [0.1, 0.15) is 33.1 Å². The van der Waals surface area contributed by atoms with E-state index >= 15 is 0 Å². The van der Waals surface area contributed by atoms with Crippen molar-refractivity contribution in [3.8, 4) is 0 Å². The lowest BCUT2D eigenvalue weighted by Crippen LogP contribution is -2.47. The monoisotopic (exact) mass is 442 g/mol. The Labute approximate surface area is 171 Å². The minimum atomic E-state index is -3.87. The topological polar surface area (TPSA) is 83.6 Å². The van der Waals surface area contributed by atoms with Crippen molar-refractivity contribution in [3.05, 3.63) is 53.6 Å². The second-order valence-corrected chi connectivity index (χ2v) is 10.9. The molecule has 3 rings (SSSR count). The first-order chi connectivity index (χ1) is 13.1. The van der Waals surface area contributed by atoms with E-state index in [9.17, 15) is 16.8 Å². The molecule has 2 unspecified atom stereocenters. The zero-order valence-electron chi connectivity index (χ0n) is 15.7. The maximum Gasteiger partial charge on any atom is 0.263 e. The molecule has 1 N–H and O–H groups in total. The van der Waals surface area contributed by atoms with Gasteiger partial charge in [0.25, 0.3) is 10.0 Å². The number of hydrogen-bond acceptors (Lipinski definition) is 4. The van der Waals surface area contributed by atoms with E-state index in [1.54, 1.807) is 16.4 Å². The molecular formula is C19H23ClN2O4S2. The molecule has 6 nitrogen and oxygen atoms in total. The molecule has 1 saturated heterocycles. The fourth-order valence-electron chi connectivity index (χ4n) is 3.56. The molecule has 0 bridgehead atoms. The third-order valence-corrected chi connectivity index (χ3v) is 8.94. The number of nitrogens with zero attached hydrogens (tertiary/aromatic N) is 1. The third-order valence-electron chi connectivity index (χ3n) is 4.92. The molecule has 2 aromatic carbocycles. The highest BCUT2D eigenvalue weighted by Gasteiger charge is 2.35. The molecule has 0 saturated carbocycles. The fourth-order valence-corrected chi connectivity index (χ4v) is 7.02. The number of nitrogens with one attached hydrogen (secondary N) is 1. The van der Waals surface area contributed by atoms with Crippen LogP contribution in [0.3, 0.4) is 0 Å². The first-order valence-electron chi connectivity index (χ1n) is 9.04. The average molecular weight is 443 g/mol. The van der Waals surface area contributed by atoms with E-state index in [1.807, 2.05) is 13.8 Å². The average Bonchev–Trinajstić information content (AvgIpc) is 2.61. The van der Waals surface area contributed by atoms with Crippen LogP contribution in [0, 0.1) is 0 Å². The Bertz CT molecular complexity index is 1040. The van der Waals surface area contributed by atoms with E-state index in [1.165, 1.54) is 36.4 Å². The normalized spacial score (nSPS) is 21.4. The lowest BCUT2D eigenvalue weighted by Gasteiger charge is -2.37. The lowest BCUT2D eigenvalue weighted by molar-refractivity contribution is 0.204. The SMILES string of the molecule is CC1CCCC(C)N1S(=O)(=O)c1ccc(NS(=O)(=O)c2ccccc2Cl)cc1. The molecule has 0 aromatic heterocycles. The number of piperidine rings is 1. The fraction of sp³-hybridized carbons (Fsp3) is 0.368. The van der Waals surface area contributed by atoms with Gasteiger partial charge in [-0.25, -0.2) is 16.8 Å². The number of hydrogen-bond donors (Lipinski definition) is 1. The van der Waals surface area contributed by atoms with Crippen molar-refractivity contribution in [2.24, 2.45) is 0 Å². The van der Waals surface area contributed by atoms with Crippen molar-refractivity contribution in [2.45, 2.75) is 55.0 Å². The van der Waals surface area contributed by atoms with Crippen molar-refractivity contribution in [3.63, 3.8) is 0 Å². The van der Waals surface area contributed by atoms with Gasteiger partial charge in [-0.1, -0.05) is 30.2 Å². The predicted octanol–water partition coefficient (Wildman–Crippen LogP) is 4.09. The predicted molar refractivity (Wildman–Crippen MR) is 111 cm³/mol. The van der Waals surface area contributed by atoms with Gasteiger partial charge < -0.3 is 0 Å². The quantitative estimate of drug-likeness (QED) is 0.755. The summed E-state index contributed by atoms with van der Waals surface area (Å²) in [4.78, 5) is 0.109. The van der Waals surface area contributed by atoms with Crippen LogP contribution in [0.5, 0.6) is 0 Å². The number of anilines is 1. The molecule has 1 aliphatic heterocycles. The summed E-state index contributed by atoms with van der Waals surface area (Å²) >= 11 is 5.97. The molecule has 2 aromatic rings. The van der Waals surface area contributed by atoms with E-state index in [4.69, 9.17) is 11.6 Å². The van der Waals surface area contributed by atoms with Gasteiger partial charge in [0, 0.05) is 17.8 Å². The maximum absolute atomic E-state index is 13.0. The Morgan fingerprint density at radius 2 is 1.50 bits per heavy atom. The Balaban J connectivity index is 1.85. The number of rotatable bonds is 5. The van der Waals surface area contributed by atoms with Crippen LogP contribution in [0.25, 0.3) is 0 Å². The molecular weight excluding hydrogens is 420 g/mol. The van der Waals surface area contributed by atoms with Crippen LogP contribution in [0.4, 0.5) is 5.69 Å². The van der Waals surface area contributed by atoms with E-state index in [-0.39, 0.29) is 32.6 Å². The van der Waals surface area contributed by atoms with Gasteiger partial charge >= 0.3 is 0 Å². The number of benzene rings is 2. The van der Waals surface area contributed by atoms with Crippen LogP contribution in [0.15, 0.2) is 58.3 Å². The zero-order chi connectivity index (χ0) is 20.5. The van der Waals surface area contributed by atoms with Crippen LogP contribution in [0.2, 0.25) is 5.02 Å². The van der Waals surface area contributed by atoms with Gasteiger partial charge in [-0.15, -0.1) is 0 Å². The molecule has 28 heavy (non-hydrogen) atoms. The van der Waals surface area contributed by atoms with E-state index in [0.717, 1.165) is 19.3 Å². The van der Waals surface area contributed by atoms with E-state index in [2.05, 4.69) is 4.72 Å². The highest BCUT2D eigenvalue weighted by atomic mass is 35.5. The minimum absolute atomic E-state index is 0.0377. The molecule has 1 heterocycles. The minimum Gasteiger partial charge on any atom is -0.280 e. The van der Waals surface area contributed by atoms with Crippen LogP contribution in [-0.4, -0.2) is 33.2 Å². The largest absolute Gasteiger partial charge is 0.280 e. The van der Waals surface area contributed by atoms with Crippen molar-refractivity contribution < 1.29 is 16.8 Å². The molecule has 0 radical (unpaired) electrons. The summed E-state index contributed by atoms with van der Waals surface area (Å²) < 4.78 is 55.1. The molecule has 0 amide bonds. The van der Waals surface area contributed by atoms with Crippen LogP contribution < -0.4 is 4.72 Å². The summed E-state index contributed by atoms with van der Waals surface area (Å²) in [7, 11) is -7.52. The Kier molecular flexibility index (Phi) is 6.05. The van der Waals surface area contributed by atoms with Gasteiger partial charge in [-0.3, -0.25) is 4.72 Å². The van der Waals surface area contributed by atoms with Gasteiger partial charge in [0.15, 0.2) is 0 Å². The smallest absolute Gasteiger partial charge is 0.263 e. The second-order valence-electron chi connectivity index (χ2n) is 7.02. The molecule has 1 fully saturated rings. The molecule has 9 heteroatoms. The van der Waals surface area contributed by atoms with Crippen molar-refractivity contribution in [1.29, 1.82) is 0 Å². The first-order valence-corrected chi connectivity index (χ1v) is 12.3. The molecule has 152 valence electrons. The summed E-state index contributed by atoms with van der Waals surface area (Å²) in [6.45, 7) is 3.83. The van der Waals surface area contributed by atoms with Gasteiger partial charge in [-0.2, -0.15) is 4.31 Å². The Morgan fingerprint density at radius 3 is 2.07 bits per heavy atom. The van der Waals surface area contributed by atoms with Gasteiger partial charge in [0.05, 0.1) is 9.92 Å². The maximum atomic E-state index is 13.0. The first kappa shape index (κ1) is 21.1.